The lowest BCUT2D eigenvalue weighted by molar-refractivity contribution is -0.139. The summed E-state index contributed by atoms with van der Waals surface area (Å²) in [5.74, 6) is 0.363. The Balaban J connectivity index is 1.54. The maximum atomic E-state index is 13.0. The number of carbonyl (C=O) groups excluding carboxylic acids is 2. The highest BCUT2D eigenvalue weighted by molar-refractivity contribution is 6.31. The number of piperazine rings is 1. The van der Waals surface area contributed by atoms with E-state index in [1.54, 1.807) is 20.1 Å². The Hall–Kier alpha value is -3.23. The van der Waals surface area contributed by atoms with Crippen molar-refractivity contribution in [3.8, 4) is 5.75 Å². The zero-order valence-corrected chi connectivity index (χ0v) is 20.1. The molecule has 0 unspecified atom stereocenters. The van der Waals surface area contributed by atoms with Gasteiger partial charge < -0.3 is 25.0 Å². The second-order valence-electron chi connectivity index (χ2n) is 8.13. The van der Waals surface area contributed by atoms with Gasteiger partial charge in [-0.1, -0.05) is 29.8 Å². The number of benzene rings is 2. The van der Waals surface area contributed by atoms with Gasteiger partial charge in [0.1, 0.15) is 5.75 Å². The number of methoxy groups -OCH3 is 1. The van der Waals surface area contributed by atoms with E-state index in [2.05, 4.69) is 32.6 Å². The molecule has 0 saturated carbocycles. The monoisotopic (exact) mass is 484 g/mol. The van der Waals surface area contributed by atoms with Gasteiger partial charge in [0, 0.05) is 49.1 Å². The molecule has 0 bridgehead atoms. The largest absolute Gasteiger partial charge is 0.497 e. The third-order valence-electron chi connectivity index (χ3n) is 6.06. The van der Waals surface area contributed by atoms with E-state index in [-0.39, 0.29) is 12.6 Å². The summed E-state index contributed by atoms with van der Waals surface area (Å²) in [6.45, 7) is 5.65. The molecule has 9 heteroatoms. The molecular formula is C25H29ClN4O4. The minimum Gasteiger partial charge on any atom is -0.497 e. The Morgan fingerprint density at radius 3 is 2.44 bits per heavy atom. The number of rotatable bonds is 7. The summed E-state index contributed by atoms with van der Waals surface area (Å²) in [5.41, 5.74) is 2.72. The Bertz CT molecular complexity index is 1060. The van der Waals surface area contributed by atoms with Crippen LogP contribution < -0.4 is 20.3 Å². The van der Waals surface area contributed by atoms with Crippen LogP contribution in [-0.4, -0.2) is 63.3 Å². The van der Waals surface area contributed by atoms with Gasteiger partial charge in [0.25, 0.3) is 0 Å². The van der Waals surface area contributed by atoms with Crippen LogP contribution in [0, 0.1) is 0 Å². The van der Waals surface area contributed by atoms with Crippen LogP contribution in [0.4, 0.5) is 10.5 Å². The Morgan fingerprint density at radius 1 is 1.09 bits per heavy atom. The number of nitrogens with one attached hydrogen (secondary N) is 2. The van der Waals surface area contributed by atoms with E-state index < -0.39 is 12.0 Å². The average Bonchev–Trinajstić information content (AvgIpc) is 2.84. The lowest BCUT2D eigenvalue weighted by Gasteiger charge is -2.38. The van der Waals surface area contributed by atoms with Crippen molar-refractivity contribution in [2.24, 2.45) is 0 Å². The minimum absolute atomic E-state index is 0.235. The number of halogens is 1. The van der Waals surface area contributed by atoms with E-state index in [1.807, 2.05) is 30.3 Å². The predicted molar refractivity (Wildman–Crippen MR) is 131 cm³/mol. The number of hydrogen-bond donors (Lipinski definition) is 2. The molecule has 2 aromatic rings. The first kappa shape index (κ1) is 23.9. The molecule has 2 amide bonds. The Morgan fingerprint density at radius 2 is 1.79 bits per heavy atom. The number of carbonyl (C=O) groups is 2. The molecule has 1 fully saturated rings. The summed E-state index contributed by atoms with van der Waals surface area (Å²) in [4.78, 5) is 30.1. The second-order valence-corrected chi connectivity index (χ2v) is 8.53. The zero-order chi connectivity index (χ0) is 24.1. The Labute approximate surface area is 204 Å². The third kappa shape index (κ3) is 5.29. The molecule has 2 aliphatic rings. The maximum absolute atomic E-state index is 13.0. The van der Waals surface area contributed by atoms with Gasteiger partial charge in [0.05, 0.1) is 25.3 Å². The van der Waals surface area contributed by atoms with Crippen LogP contribution in [0.1, 0.15) is 18.5 Å². The van der Waals surface area contributed by atoms with Gasteiger partial charge in [0.2, 0.25) is 0 Å². The molecule has 1 atom stereocenters. The maximum Gasteiger partial charge on any atom is 0.338 e. The second kappa shape index (κ2) is 10.8. The van der Waals surface area contributed by atoms with Crippen LogP contribution in [0.3, 0.4) is 0 Å². The first-order valence-corrected chi connectivity index (χ1v) is 11.7. The van der Waals surface area contributed by atoms with Crippen LogP contribution in [0.2, 0.25) is 5.02 Å². The fraction of sp³-hybridized carbons (Fsp3) is 0.360. The summed E-state index contributed by atoms with van der Waals surface area (Å²) in [6, 6.07) is 14.2. The predicted octanol–water partition coefficient (Wildman–Crippen LogP) is 3.34. The summed E-state index contributed by atoms with van der Waals surface area (Å²) in [7, 11) is 1.66. The van der Waals surface area contributed by atoms with E-state index in [0.717, 1.165) is 37.6 Å². The third-order valence-corrected chi connectivity index (χ3v) is 6.40. The van der Waals surface area contributed by atoms with Crippen LogP contribution >= 0.6 is 11.6 Å². The first-order valence-electron chi connectivity index (χ1n) is 11.3. The van der Waals surface area contributed by atoms with Gasteiger partial charge in [-0.3, -0.25) is 4.90 Å². The molecule has 2 aromatic carbocycles. The molecule has 0 aromatic heterocycles. The lowest BCUT2D eigenvalue weighted by Crippen LogP contribution is -2.51. The van der Waals surface area contributed by atoms with E-state index in [9.17, 15) is 9.59 Å². The van der Waals surface area contributed by atoms with Crippen molar-refractivity contribution in [2.75, 3.05) is 51.3 Å². The summed E-state index contributed by atoms with van der Waals surface area (Å²) >= 11 is 6.42. The Kier molecular flexibility index (Phi) is 7.59. The van der Waals surface area contributed by atoms with E-state index in [1.165, 1.54) is 0 Å². The van der Waals surface area contributed by atoms with Crippen molar-refractivity contribution in [1.29, 1.82) is 0 Å². The molecule has 4 rings (SSSR count). The molecule has 0 aliphatic carbocycles. The van der Waals surface area contributed by atoms with Crippen LogP contribution in [0.25, 0.3) is 0 Å². The standard InChI is InChI=1S/C25H29ClN4O4/c1-3-34-24(31)22-21(27-25(32)28-23(22)19-6-4-5-7-20(19)26)16-29-12-14-30(15-13-29)17-8-10-18(33-2)11-9-17/h4-11,23H,3,12-16H2,1-2H3,(H2,27,28,32)/t23-/m1/s1. The molecule has 34 heavy (non-hydrogen) atoms. The SMILES string of the molecule is CCOC(=O)C1=C(CN2CCN(c3ccc(OC)cc3)CC2)NC(=O)N[C@@H]1c1ccccc1Cl. The van der Waals surface area contributed by atoms with Gasteiger partial charge in [-0.25, -0.2) is 9.59 Å². The molecule has 0 spiro atoms. The highest BCUT2D eigenvalue weighted by Gasteiger charge is 2.35. The molecule has 2 N–H and O–H groups in total. The number of esters is 1. The molecule has 0 radical (unpaired) electrons. The molecular weight excluding hydrogens is 456 g/mol. The quantitative estimate of drug-likeness (QED) is 0.586. The van der Waals surface area contributed by atoms with Gasteiger partial charge in [-0.15, -0.1) is 0 Å². The molecule has 2 aliphatic heterocycles. The lowest BCUT2D eigenvalue weighted by atomic mass is 9.94. The number of amides is 2. The normalized spacial score (nSPS) is 18.9. The highest BCUT2D eigenvalue weighted by atomic mass is 35.5. The van der Waals surface area contributed by atoms with Crippen molar-refractivity contribution >= 4 is 29.3 Å². The van der Waals surface area contributed by atoms with Crippen molar-refractivity contribution < 1.29 is 19.1 Å². The number of hydrogen-bond acceptors (Lipinski definition) is 6. The average molecular weight is 485 g/mol. The number of nitrogens with zero attached hydrogens (tertiary/aromatic N) is 2. The highest BCUT2D eigenvalue weighted by Crippen LogP contribution is 2.32. The van der Waals surface area contributed by atoms with Gasteiger partial charge in [0.15, 0.2) is 0 Å². The molecule has 8 nitrogen and oxygen atoms in total. The smallest absolute Gasteiger partial charge is 0.338 e. The summed E-state index contributed by atoms with van der Waals surface area (Å²) < 4.78 is 10.6. The summed E-state index contributed by atoms with van der Waals surface area (Å²) in [6.07, 6.45) is 0. The topological polar surface area (TPSA) is 83.1 Å². The van der Waals surface area contributed by atoms with Gasteiger partial charge in [-0.2, -0.15) is 0 Å². The molecule has 1 saturated heterocycles. The van der Waals surface area contributed by atoms with Crippen LogP contribution in [0.15, 0.2) is 59.8 Å². The summed E-state index contributed by atoms with van der Waals surface area (Å²) in [5, 5.41) is 6.16. The minimum atomic E-state index is -0.683. The van der Waals surface area contributed by atoms with Crippen molar-refractivity contribution in [2.45, 2.75) is 13.0 Å². The van der Waals surface area contributed by atoms with Crippen LogP contribution in [0.5, 0.6) is 5.75 Å². The van der Waals surface area contributed by atoms with Gasteiger partial charge >= 0.3 is 12.0 Å². The van der Waals surface area contributed by atoms with Crippen molar-refractivity contribution in [3.63, 3.8) is 0 Å². The van der Waals surface area contributed by atoms with Crippen molar-refractivity contribution in [1.82, 2.24) is 15.5 Å². The van der Waals surface area contributed by atoms with Crippen LogP contribution in [-0.2, 0) is 9.53 Å². The van der Waals surface area contributed by atoms with E-state index in [0.29, 0.717) is 28.4 Å². The molecule has 2 heterocycles. The first-order chi connectivity index (χ1) is 16.5. The fourth-order valence-electron chi connectivity index (χ4n) is 4.32. The number of anilines is 1. The fourth-order valence-corrected chi connectivity index (χ4v) is 4.56. The number of ether oxygens (including phenoxy) is 2. The molecule has 180 valence electrons. The number of urea groups is 1. The van der Waals surface area contributed by atoms with E-state index in [4.69, 9.17) is 21.1 Å². The van der Waals surface area contributed by atoms with E-state index >= 15 is 0 Å². The van der Waals surface area contributed by atoms with Crippen molar-refractivity contribution in [3.05, 3.63) is 70.4 Å². The zero-order valence-electron chi connectivity index (χ0n) is 19.3. The van der Waals surface area contributed by atoms with Gasteiger partial charge in [-0.05, 0) is 42.8 Å².